The minimum atomic E-state index is -0.558. The van der Waals surface area contributed by atoms with Crippen LogP contribution >= 0.6 is 0 Å². The number of methoxy groups -OCH3 is 1. The summed E-state index contributed by atoms with van der Waals surface area (Å²) in [6.07, 6.45) is 5.21. The van der Waals surface area contributed by atoms with Gasteiger partial charge in [0.25, 0.3) is 5.91 Å². The SMILES string of the molecule is CC[C@H](C)[C@@H](NC(=O)C[NH+]1CC[NH+](C/C=C/c2ccccc2)CC1)C(=O)OC. The Labute approximate surface area is 168 Å². The fourth-order valence-corrected chi connectivity index (χ4v) is 3.51. The van der Waals surface area contributed by atoms with E-state index in [1.807, 2.05) is 32.0 Å². The summed E-state index contributed by atoms with van der Waals surface area (Å²) < 4.78 is 4.84. The highest BCUT2D eigenvalue weighted by molar-refractivity contribution is 5.85. The Hall–Kier alpha value is -2.18. The van der Waals surface area contributed by atoms with Gasteiger partial charge in [-0.3, -0.25) is 4.79 Å². The molecule has 0 spiro atoms. The first-order valence-corrected chi connectivity index (χ1v) is 10.3. The first-order chi connectivity index (χ1) is 13.5. The first kappa shape index (κ1) is 22.1. The molecule has 2 atom stereocenters. The maximum Gasteiger partial charge on any atom is 0.328 e. The topological polar surface area (TPSA) is 64.3 Å². The molecule has 0 radical (unpaired) electrons. The van der Waals surface area contributed by atoms with Gasteiger partial charge in [0.15, 0.2) is 6.54 Å². The Morgan fingerprint density at radius 3 is 2.39 bits per heavy atom. The minimum absolute atomic E-state index is 0.0593. The Morgan fingerprint density at radius 2 is 1.79 bits per heavy atom. The lowest BCUT2D eigenvalue weighted by atomic mass is 9.99. The van der Waals surface area contributed by atoms with Crippen molar-refractivity contribution in [2.75, 3.05) is 46.4 Å². The van der Waals surface area contributed by atoms with Crippen molar-refractivity contribution in [2.45, 2.75) is 26.3 Å². The van der Waals surface area contributed by atoms with Crippen molar-refractivity contribution in [2.24, 2.45) is 5.92 Å². The average molecular weight is 390 g/mol. The van der Waals surface area contributed by atoms with E-state index in [2.05, 4.69) is 29.6 Å². The van der Waals surface area contributed by atoms with Crippen LogP contribution in [0, 0.1) is 5.92 Å². The maximum atomic E-state index is 12.4. The molecule has 1 saturated heterocycles. The van der Waals surface area contributed by atoms with Crippen molar-refractivity contribution < 1.29 is 24.1 Å². The van der Waals surface area contributed by atoms with Gasteiger partial charge in [-0.2, -0.15) is 0 Å². The smallest absolute Gasteiger partial charge is 0.328 e. The zero-order valence-corrected chi connectivity index (χ0v) is 17.4. The molecule has 1 amide bonds. The second kappa shape index (κ2) is 11.6. The van der Waals surface area contributed by atoms with E-state index in [1.165, 1.54) is 17.6 Å². The van der Waals surface area contributed by atoms with Gasteiger partial charge in [-0.15, -0.1) is 0 Å². The van der Waals surface area contributed by atoms with Crippen molar-refractivity contribution >= 4 is 18.0 Å². The summed E-state index contributed by atoms with van der Waals surface area (Å²) in [6.45, 7) is 9.42. The van der Waals surface area contributed by atoms with E-state index in [1.54, 1.807) is 4.90 Å². The lowest BCUT2D eigenvalue weighted by Gasteiger charge is -2.29. The molecule has 1 heterocycles. The lowest BCUT2D eigenvalue weighted by Crippen LogP contribution is -3.28. The minimum Gasteiger partial charge on any atom is -0.467 e. The number of rotatable bonds is 9. The van der Waals surface area contributed by atoms with Gasteiger partial charge in [-0.25, -0.2) is 4.79 Å². The molecular weight excluding hydrogens is 354 g/mol. The molecule has 0 bridgehead atoms. The molecule has 0 saturated carbocycles. The molecule has 3 N–H and O–H groups in total. The fourth-order valence-electron chi connectivity index (χ4n) is 3.51. The monoisotopic (exact) mass is 389 g/mol. The normalized spacial score (nSPS) is 21.8. The molecule has 0 unspecified atom stereocenters. The summed E-state index contributed by atoms with van der Waals surface area (Å²) in [7, 11) is 1.36. The van der Waals surface area contributed by atoms with Crippen molar-refractivity contribution in [1.82, 2.24) is 5.32 Å². The second-order valence-electron chi connectivity index (χ2n) is 7.65. The number of carbonyl (C=O) groups excluding carboxylic acids is 2. The van der Waals surface area contributed by atoms with E-state index in [0.29, 0.717) is 6.54 Å². The number of piperazine rings is 1. The second-order valence-corrected chi connectivity index (χ2v) is 7.65. The average Bonchev–Trinajstić information content (AvgIpc) is 2.73. The van der Waals surface area contributed by atoms with Crippen LogP contribution in [0.25, 0.3) is 6.08 Å². The largest absolute Gasteiger partial charge is 0.467 e. The highest BCUT2D eigenvalue weighted by atomic mass is 16.5. The van der Waals surface area contributed by atoms with Crippen LogP contribution in [0.2, 0.25) is 0 Å². The Kier molecular flexibility index (Phi) is 9.17. The van der Waals surface area contributed by atoms with Crippen LogP contribution in [0.1, 0.15) is 25.8 Å². The zero-order chi connectivity index (χ0) is 20.4. The van der Waals surface area contributed by atoms with Crippen LogP contribution in [0.3, 0.4) is 0 Å². The van der Waals surface area contributed by atoms with Gasteiger partial charge >= 0.3 is 5.97 Å². The van der Waals surface area contributed by atoms with Crippen molar-refractivity contribution in [3.63, 3.8) is 0 Å². The standard InChI is InChI=1S/C22H33N3O3/c1-4-18(2)21(22(27)28-3)23-20(26)17-25-15-13-24(14-16-25)12-8-11-19-9-6-5-7-10-19/h5-11,18,21H,4,12-17H2,1-3H3,(H,23,26)/p+2/b11-8+/t18-,21+/m0/s1. The molecule has 6 heteroatoms. The number of quaternary nitrogens is 2. The highest BCUT2D eigenvalue weighted by Gasteiger charge is 2.29. The molecule has 0 aromatic heterocycles. The summed E-state index contributed by atoms with van der Waals surface area (Å²) in [6, 6.07) is 9.77. The van der Waals surface area contributed by atoms with Crippen molar-refractivity contribution in [1.29, 1.82) is 0 Å². The summed E-state index contributed by atoms with van der Waals surface area (Å²) in [5, 5.41) is 2.88. The first-order valence-electron chi connectivity index (χ1n) is 10.3. The van der Waals surface area contributed by atoms with Crippen LogP contribution in [-0.2, 0) is 14.3 Å². The molecule has 1 fully saturated rings. The molecule has 1 aliphatic heterocycles. The van der Waals surface area contributed by atoms with Crippen LogP contribution in [-0.4, -0.2) is 64.3 Å². The van der Waals surface area contributed by atoms with Gasteiger partial charge in [0.2, 0.25) is 0 Å². The van der Waals surface area contributed by atoms with E-state index in [0.717, 1.165) is 39.1 Å². The van der Waals surface area contributed by atoms with E-state index in [9.17, 15) is 9.59 Å². The number of hydrogen-bond acceptors (Lipinski definition) is 3. The maximum absolute atomic E-state index is 12.4. The van der Waals surface area contributed by atoms with E-state index in [4.69, 9.17) is 4.74 Å². The third kappa shape index (κ3) is 7.09. The summed E-state index contributed by atoms with van der Waals surface area (Å²) in [5.41, 5.74) is 1.23. The number of amides is 1. The quantitative estimate of drug-likeness (QED) is 0.484. The Balaban J connectivity index is 1.73. The van der Waals surface area contributed by atoms with Crippen LogP contribution in [0.4, 0.5) is 0 Å². The molecule has 1 aromatic rings. The third-order valence-corrected chi connectivity index (χ3v) is 5.58. The van der Waals surface area contributed by atoms with Gasteiger partial charge in [0.1, 0.15) is 32.2 Å². The summed E-state index contributed by atoms with van der Waals surface area (Å²) in [4.78, 5) is 27.2. The third-order valence-electron chi connectivity index (χ3n) is 5.58. The van der Waals surface area contributed by atoms with Crippen LogP contribution in [0.15, 0.2) is 36.4 Å². The Bertz CT molecular complexity index is 640. The molecule has 1 aliphatic rings. The zero-order valence-electron chi connectivity index (χ0n) is 17.4. The number of hydrogen-bond donors (Lipinski definition) is 3. The van der Waals surface area contributed by atoms with E-state index < -0.39 is 6.04 Å². The van der Waals surface area contributed by atoms with Gasteiger partial charge in [0.05, 0.1) is 13.7 Å². The molecule has 2 rings (SSSR count). The van der Waals surface area contributed by atoms with Gasteiger partial charge < -0.3 is 19.9 Å². The van der Waals surface area contributed by atoms with Crippen molar-refractivity contribution in [3.8, 4) is 0 Å². The predicted molar refractivity (Wildman–Crippen MR) is 110 cm³/mol. The number of esters is 1. The molecular formula is C22H35N3O3+2. The van der Waals surface area contributed by atoms with E-state index >= 15 is 0 Å². The Morgan fingerprint density at radius 1 is 1.14 bits per heavy atom. The number of carbonyl (C=O) groups is 2. The summed E-state index contributed by atoms with van der Waals surface area (Å²) in [5.74, 6) is -0.376. The molecule has 1 aromatic carbocycles. The van der Waals surface area contributed by atoms with Gasteiger partial charge in [-0.05, 0) is 17.6 Å². The van der Waals surface area contributed by atoms with Crippen LogP contribution < -0.4 is 15.1 Å². The van der Waals surface area contributed by atoms with E-state index in [-0.39, 0.29) is 17.8 Å². The predicted octanol–water partition coefficient (Wildman–Crippen LogP) is -0.813. The van der Waals surface area contributed by atoms with Crippen molar-refractivity contribution in [3.05, 3.63) is 42.0 Å². The lowest BCUT2D eigenvalue weighted by molar-refractivity contribution is -1.01. The molecule has 6 nitrogen and oxygen atoms in total. The highest BCUT2D eigenvalue weighted by Crippen LogP contribution is 2.08. The summed E-state index contributed by atoms with van der Waals surface area (Å²) >= 11 is 0. The van der Waals surface area contributed by atoms with Crippen LogP contribution in [0.5, 0.6) is 0 Å². The van der Waals surface area contributed by atoms with Gasteiger partial charge in [0, 0.05) is 0 Å². The molecule has 154 valence electrons. The fraction of sp³-hybridized carbons (Fsp3) is 0.545. The number of ether oxygens (including phenoxy) is 1. The number of benzene rings is 1. The molecule has 0 aliphatic carbocycles. The number of nitrogens with one attached hydrogen (secondary N) is 3. The van der Waals surface area contributed by atoms with Gasteiger partial charge in [-0.1, -0.05) is 56.7 Å². The molecule has 28 heavy (non-hydrogen) atoms.